The zero-order valence-electron chi connectivity index (χ0n) is 12.4. The summed E-state index contributed by atoms with van der Waals surface area (Å²) in [6, 6.07) is 2.86. The molecular formula is C14H16BFN2O3. The van der Waals surface area contributed by atoms with Gasteiger partial charge in [0.15, 0.2) is 0 Å². The fourth-order valence-electron chi connectivity index (χ4n) is 2.27. The van der Waals surface area contributed by atoms with Gasteiger partial charge in [-0.2, -0.15) is 0 Å². The van der Waals surface area contributed by atoms with E-state index in [4.69, 9.17) is 9.31 Å². The lowest BCUT2D eigenvalue weighted by molar-refractivity contribution is 0.00578. The molecule has 3 rings (SSSR count). The number of benzene rings is 1. The first-order valence-electron chi connectivity index (χ1n) is 6.74. The van der Waals surface area contributed by atoms with E-state index >= 15 is 0 Å². The largest absolute Gasteiger partial charge is 0.494 e. The number of aromatic nitrogens is 2. The molecule has 2 heterocycles. The Morgan fingerprint density at radius 1 is 1.19 bits per heavy atom. The third kappa shape index (κ3) is 2.17. The van der Waals surface area contributed by atoms with Gasteiger partial charge in [-0.05, 0) is 45.3 Å². The molecule has 5 nitrogen and oxygen atoms in total. The van der Waals surface area contributed by atoms with Crippen LogP contribution in [0.25, 0.3) is 10.9 Å². The van der Waals surface area contributed by atoms with Crippen LogP contribution >= 0.6 is 0 Å². The monoisotopic (exact) mass is 290 g/mol. The van der Waals surface area contributed by atoms with E-state index in [2.05, 4.69) is 9.97 Å². The van der Waals surface area contributed by atoms with Gasteiger partial charge < -0.3 is 14.3 Å². The fraction of sp³-hybridized carbons (Fsp3) is 0.429. The Morgan fingerprint density at radius 2 is 1.81 bits per heavy atom. The summed E-state index contributed by atoms with van der Waals surface area (Å²) in [5, 5.41) is 0.183. The number of rotatable bonds is 1. The summed E-state index contributed by atoms with van der Waals surface area (Å²) in [6.07, 6.45) is 1.18. The summed E-state index contributed by atoms with van der Waals surface area (Å²) >= 11 is 0. The zero-order chi connectivity index (χ0) is 15.4. The molecule has 0 aliphatic carbocycles. The molecule has 1 aromatic heterocycles. The maximum atomic E-state index is 14.1. The second-order valence-corrected chi connectivity index (χ2v) is 6.22. The second-order valence-electron chi connectivity index (χ2n) is 6.22. The molecule has 2 aromatic rings. The van der Waals surface area contributed by atoms with E-state index in [1.54, 1.807) is 6.07 Å². The molecule has 1 aromatic carbocycles. The molecule has 0 atom stereocenters. The summed E-state index contributed by atoms with van der Waals surface area (Å²) < 4.78 is 25.9. The van der Waals surface area contributed by atoms with Crippen LogP contribution in [-0.2, 0) is 9.31 Å². The first kappa shape index (κ1) is 14.2. The molecule has 0 unspecified atom stereocenters. The predicted octanol–water partition coefficient (Wildman–Crippen LogP) is 1.36. The Kier molecular flexibility index (Phi) is 2.97. The molecule has 7 heteroatoms. The van der Waals surface area contributed by atoms with Crippen LogP contribution in [-0.4, -0.2) is 28.3 Å². The van der Waals surface area contributed by atoms with Gasteiger partial charge in [-0.15, -0.1) is 0 Å². The molecule has 1 saturated heterocycles. The van der Waals surface area contributed by atoms with Crippen molar-refractivity contribution in [2.45, 2.75) is 38.9 Å². The lowest BCUT2D eigenvalue weighted by Crippen LogP contribution is -2.41. The predicted molar refractivity (Wildman–Crippen MR) is 78.0 cm³/mol. The summed E-state index contributed by atoms with van der Waals surface area (Å²) in [5.41, 5.74) is -0.928. The van der Waals surface area contributed by atoms with Crippen molar-refractivity contribution in [1.82, 2.24) is 9.97 Å². The zero-order valence-corrected chi connectivity index (χ0v) is 12.4. The molecule has 0 bridgehead atoms. The highest BCUT2D eigenvalue weighted by atomic mass is 19.1. The summed E-state index contributed by atoms with van der Waals surface area (Å²) in [4.78, 5) is 18.1. The van der Waals surface area contributed by atoms with E-state index in [0.717, 1.165) is 0 Å². The van der Waals surface area contributed by atoms with Gasteiger partial charge in [0.1, 0.15) is 11.3 Å². The number of hydrogen-bond donors (Lipinski definition) is 1. The fourth-order valence-corrected chi connectivity index (χ4v) is 2.27. The van der Waals surface area contributed by atoms with Crippen molar-refractivity contribution in [3.05, 3.63) is 34.6 Å². The standard InChI is InChI=1S/C14H16BFN2O3/c1-13(2)14(3,4)21-15(20-13)8-5-9-11(10(16)6-8)17-7-18-12(9)19/h5-7H,1-4H3,(H,17,18,19). The lowest BCUT2D eigenvalue weighted by atomic mass is 9.78. The highest BCUT2D eigenvalue weighted by molar-refractivity contribution is 6.62. The van der Waals surface area contributed by atoms with E-state index in [0.29, 0.717) is 5.46 Å². The van der Waals surface area contributed by atoms with Crippen LogP contribution in [0.4, 0.5) is 4.39 Å². The van der Waals surface area contributed by atoms with Crippen LogP contribution in [0, 0.1) is 5.82 Å². The van der Waals surface area contributed by atoms with Crippen molar-refractivity contribution >= 4 is 23.5 Å². The minimum absolute atomic E-state index is 0.0408. The highest BCUT2D eigenvalue weighted by Gasteiger charge is 2.51. The Labute approximate surface area is 121 Å². The van der Waals surface area contributed by atoms with Crippen LogP contribution < -0.4 is 11.0 Å². The van der Waals surface area contributed by atoms with Gasteiger partial charge in [-0.25, -0.2) is 9.37 Å². The number of nitrogens with one attached hydrogen (secondary N) is 1. The van der Waals surface area contributed by atoms with Crippen molar-refractivity contribution in [2.75, 3.05) is 0 Å². The van der Waals surface area contributed by atoms with Crippen LogP contribution in [0.5, 0.6) is 0 Å². The van der Waals surface area contributed by atoms with Gasteiger partial charge in [-0.3, -0.25) is 4.79 Å². The van der Waals surface area contributed by atoms with Crippen LogP contribution in [0.2, 0.25) is 0 Å². The molecule has 21 heavy (non-hydrogen) atoms. The van der Waals surface area contributed by atoms with E-state index in [1.807, 2.05) is 27.7 Å². The topological polar surface area (TPSA) is 64.2 Å². The molecule has 1 aliphatic heterocycles. The first-order chi connectivity index (χ1) is 9.71. The smallest absolute Gasteiger partial charge is 0.399 e. The molecule has 110 valence electrons. The van der Waals surface area contributed by atoms with Crippen molar-refractivity contribution in [3.63, 3.8) is 0 Å². The van der Waals surface area contributed by atoms with Gasteiger partial charge in [0, 0.05) is 0 Å². The third-order valence-electron chi connectivity index (χ3n) is 4.25. The average Bonchev–Trinajstić information content (AvgIpc) is 2.60. The number of fused-ring (bicyclic) bond motifs is 1. The first-order valence-corrected chi connectivity index (χ1v) is 6.74. The van der Waals surface area contributed by atoms with Gasteiger partial charge in [0.2, 0.25) is 0 Å². The van der Waals surface area contributed by atoms with Gasteiger partial charge >= 0.3 is 7.12 Å². The maximum Gasteiger partial charge on any atom is 0.494 e. The summed E-state index contributed by atoms with van der Waals surface area (Å²) in [7, 11) is -0.714. The normalized spacial score (nSPS) is 20.1. The van der Waals surface area contributed by atoms with Crippen molar-refractivity contribution in [1.29, 1.82) is 0 Å². The molecular weight excluding hydrogens is 274 g/mol. The highest BCUT2D eigenvalue weighted by Crippen LogP contribution is 2.36. The van der Waals surface area contributed by atoms with E-state index < -0.39 is 29.7 Å². The van der Waals surface area contributed by atoms with Crippen molar-refractivity contribution < 1.29 is 13.7 Å². The van der Waals surface area contributed by atoms with Gasteiger partial charge in [0.25, 0.3) is 5.56 Å². The Bertz CT molecular complexity index is 756. The van der Waals surface area contributed by atoms with Crippen LogP contribution in [0.1, 0.15) is 27.7 Å². The van der Waals surface area contributed by atoms with Crippen LogP contribution in [0.3, 0.4) is 0 Å². The van der Waals surface area contributed by atoms with Crippen molar-refractivity contribution in [2.24, 2.45) is 0 Å². The maximum absolute atomic E-state index is 14.1. The number of aromatic amines is 1. The second kappa shape index (κ2) is 4.38. The number of H-pyrrole nitrogens is 1. The minimum Gasteiger partial charge on any atom is -0.399 e. The number of halogens is 1. The Balaban J connectivity index is 2.11. The van der Waals surface area contributed by atoms with E-state index in [-0.39, 0.29) is 10.9 Å². The Hall–Kier alpha value is -1.73. The molecule has 1 N–H and O–H groups in total. The number of nitrogens with zero attached hydrogens (tertiary/aromatic N) is 1. The van der Waals surface area contributed by atoms with Crippen LogP contribution in [0.15, 0.2) is 23.3 Å². The SMILES string of the molecule is CC1(C)OB(c2cc(F)c3nc[nH]c(=O)c3c2)OC1(C)C. The summed E-state index contributed by atoms with van der Waals surface area (Å²) in [6.45, 7) is 7.66. The minimum atomic E-state index is -0.714. The van der Waals surface area contributed by atoms with Crippen molar-refractivity contribution in [3.8, 4) is 0 Å². The van der Waals surface area contributed by atoms with E-state index in [9.17, 15) is 9.18 Å². The molecule has 0 radical (unpaired) electrons. The summed E-state index contributed by atoms with van der Waals surface area (Å²) in [5.74, 6) is -0.566. The molecule has 0 spiro atoms. The Morgan fingerprint density at radius 3 is 2.43 bits per heavy atom. The third-order valence-corrected chi connectivity index (χ3v) is 4.25. The van der Waals surface area contributed by atoms with E-state index in [1.165, 1.54) is 12.4 Å². The average molecular weight is 290 g/mol. The quantitative estimate of drug-likeness (QED) is 0.805. The molecule has 1 aliphatic rings. The molecule has 0 saturated carbocycles. The lowest BCUT2D eigenvalue weighted by Gasteiger charge is -2.32. The van der Waals surface area contributed by atoms with Gasteiger partial charge in [0.05, 0.1) is 22.9 Å². The van der Waals surface area contributed by atoms with Gasteiger partial charge in [-0.1, -0.05) is 0 Å². The number of hydrogen-bond acceptors (Lipinski definition) is 4. The molecule has 0 amide bonds. The molecule has 1 fully saturated rings.